The van der Waals surface area contributed by atoms with Gasteiger partial charge in [-0.3, -0.25) is 4.79 Å². The summed E-state index contributed by atoms with van der Waals surface area (Å²) in [6.07, 6.45) is 5.64. The molecule has 1 saturated carbocycles. The minimum absolute atomic E-state index is 0.0249. The lowest BCUT2D eigenvalue weighted by Gasteiger charge is -2.33. The summed E-state index contributed by atoms with van der Waals surface area (Å²) in [7, 11) is -3.37. The number of nitrogens with one attached hydrogen (secondary N) is 1. The molecule has 3 rings (SSSR count). The zero-order valence-electron chi connectivity index (χ0n) is 14.3. The van der Waals surface area contributed by atoms with Gasteiger partial charge in [0.2, 0.25) is 15.9 Å². The van der Waals surface area contributed by atoms with E-state index in [1.165, 1.54) is 0 Å². The van der Waals surface area contributed by atoms with E-state index in [9.17, 15) is 13.2 Å². The molecule has 1 aromatic carbocycles. The Bertz CT molecular complexity index is 700. The van der Waals surface area contributed by atoms with Crippen molar-refractivity contribution in [2.45, 2.75) is 56.2 Å². The maximum absolute atomic E-state index is 12.6. The topological polar surface area (TPSA) is 66.5 Å². The highest BCUT2D eigenvalue weighted by molar-refractivity contribution is 7.90. The third-order valence-corrected chi connectivity index (χ3v) is 7.30. The Morgan fingerprint density at radius 3 is 2.48 bits per heavy atom. The quantitative estimate of drug-likeness (QED) is 0.848. The van der Waals surface area contributed by atoms with E-state index < -0.39 is 15.3 Å². The monoisotopic (exact) mass is 384 g/mol. The summed E-state index contributed by atoms with van der Waals surface area (Å²) in [5.41, 5.74) is 0.892. The number of likely N-dealkylation sites (tertiary alicyclic amines) is 1. The van der Waals surface area contributed by atoms with Gasteiger partial charge in [0.1, 0.15) is 0 Å². The molecule has 0 radical (unpaired) electrons. The van der Waals surface area contributed by atoms with Crippen LogP contribution in [0.15, 0.2) is 24.3 Å². The smallest absolute Gasteiger partial charge is 0.227 e. The zero-order chi connectivity index (χ0) is 17.9. The third kappa shape index (κ3) is 4.96. The first-order valence-electron chi connectivity index (χ1n) is 8.97. The first kappa shape index (κ1) is 18.7. The van der Waals surface area contributed by atoms with Gasteiger partial charge in [-0.1, -0.05) is 36.6 Å². The second-order valence-corrected chi connectivity index (χ2v) is 9.48. The van der Waals surface area contributed by atoms with E-state index in [2.05, 4.69) is 4.72 Å². The van der Waals surface area contributed by atoms with Crippen LogP contribution in [-0.2, 0) is 21.2 Å². The summed E-state index contributed by atoms with van der Waals surface area (Å²) >= 11 is 5.87. The Labute approximate surface area is 154 Å². The average molecular weight is 385 g/mol. The summed E-state index contributed by atoms with van der Waals surface area (Å²) in [6, 6.07) is 7.27. The van der Waals surface area contributed by atoms with Crippen molar-refractivity contribution in [3.05, 3.63) is 34.9 Å². The number of hydrogen-bond acceptors (Lipinski definition) is 3. The molecule has 1 atom stereocenters. The van der Waals surface area contributed by atoms with Crippen molar-refractivity contribution in [3.8, 4) is 0 Å². The summed E-state index contributed by atoms with van der Waals surface area (Å²) in [6.45, 7) is 0.913. The Morgan fingerprint density at radius 2 is 1.80 bits per heavy atom. The van der Waals surface area contributed by atoms with E-state index in [0.29, 0.717) is 18.0 Å². The highest BCUT2D eigenvalue weighted by Gasteiger charge is 2.34. The molecule has 1 saturated heterocycles. The van der Waals surface area contributed by atoms with Crippen molar-refractivity contribution in [2.24, 2.45) is 0 Å². The Hall–Kier alpha value is -1.11. The first-order chi connectivity index (χ1) is 11.9. The Balaban J connectivity index is 1.59. The predicted molar refractivity (Wildman–Crippen MR) is 99.1 cm³/mol. The normalized spacial score (nSPS) is 22.3. The SMILES string of the molecule is O=C(Cc1ccc(Cl)cc1)N1CCCC(S(=O)(=O)NC2CCCC2)C1. The average Bonchev–Trinajstić information content (AvgIpc) is 3.09. The summed E-state index contributed by atoms with van der Waals surface area (Å²) in [5.74, 6) is -0.0249. The maximum atomic E-state index is 12.6. The molecule has 1 amide bonds. The van der Waals surface area contributed by atoms with Gasteiger partial charge in [0, 0.05) is 24.2 Å². The van der Waals surface area contributed by atoms with Crippen molar-refractivity contribution < 1.29 is 13.2 Å². The Kier molecular flexibility index (Phi) is 6.02. The number of rotatable bonds is 5. The van der Waals surface area contributed by atoms with Gasteiger partial charge in [-0.05, 0) is 43.4 Å². The van der Waals surface area contributed by atoms with Crippen LogP contribution >= 0.6 is 11.6 Å². The molecular formula is C18H25ClN2O3S. The molecule has 1 heterocycles. The second kappa shape index (κ2) is 8.06. The lowest BCUT2D eigenvalue weighted by molar-refractivity contribution is -0.131. The standard InChI is InChI=1S/C18H25ClN2O3S/c19-15-9-7-14(8-10-15)12-18(22)21-11-3-6-17(13-21)25(23,24)20-16-4-1-2-5-16/h7-10,16-17,20H,1-6,11-13H2. The third-order valence-electron chi connectivity index (χ3n) is 5.12. The van der Waals surface area contributed by atoms with Crippen LogP contribution in [0.5, 0.6) is 0 Å². The highest BCUT2D eigenvalue weighted by Crippen LogP contribution is 2.22. The molecule has 1 unspecified atom stereocenters. The highest BCUT2D eigenvalue weighted by atomic mass is 35.5. The van der Waals surface area contributed by atoms with Gasteiger partial charge in [0.25, 0.3) is 0 Å². The van der Waals surface area contributed by atoms with Gasteiger partial charge >= 0.3 is 0 Å². The fourth-order valence-electron chi connectivity index (χ4n) is 3.68. The molecule has 1 N–H and O–H groups in total. The van der Waals surface area contributed by atoms with Gasteiger partial charge < -0.3 is 4.90 Å². The molecule has 0 spiro atoms. The molecular weight excluding hydrogens is 360 g/mol. The second-order valence-electron chi connectivity index (χ2n) is 7.05. The van der Waals surface area contributed by atoms with Crippen molar-refractivity contribution in [1.29, 1.82) is 0 Å². The van der Waals surface area contributed by atoms with Gasteiger partial charge in [0.15, 0.2) is 0 Å². The van der Waals surface area contributed by atoms with Gasteiger partial charge in [-0.25, -0.2) is 13.1 Å². The molecule has 0 bridgehead atoms. The fourth-order valence-corrected chi connectivity index (χ4v) is 5.55. The van der Waals surface area contributed by atoms with Crippen LogP contribution in [0.4, 0.5) is 0 Å². The van der Waals surface area contributed by atoms with Crippen LogP contribution < -0.4 is 4.72 Å². The molecule has 0 aromatic heterocycles. The number of piperidine rings is 1. The molecule has 5 nitrogen and oxygen atoms in total. The van der Waals surface area contributed by atoms with Crippen molar-refractivity contribution in [3.63, 3.8) is 0 Å². The summed E-state index contributed by atoms with van der Waals surface area (Å²) in [5, 5.41) is 0.134. The van der Waals surface area contributed by atoms with E-state index >= 15 is 0 Å². The van der Waals surface area contributed by atoms with E-state index in [4.69, 9.17) is 11.6 Å². The number of nitrogens with zero attached hydrogens (tertiary/aromatic N) is 1. The number of sulfonamides is 1. The molecule has 138 valence electrons. The van der Waals surface area contributed by atoms with Crippen LogP contribution in [0, 0.1) is 0 Å². The van der Waals surface area contributed by atoms with Crippen LogP contribution in [-0.4, -0.2) is 43.6 Å². The van der Waals surface area contributed by atoms with Crippen molar-refractivity contribution >= 4 is 27.5 Å². The number of benzene rings is 1. The molecule has 2 fully saturated rings. The van der Waals surface area contributed by atoms with E-state index in [1.54, 1.807) is 17.0 Å². The number of hydrogen-bond donors (Lipinski definition) is 1. The molecule has 7 heteroatoms. The van der Waals surface area contributed by atoms with Crippen LogP contribution in [0.25, 0.3) is 0 Å². The minimum atomic E-state index is -3.37. The summed E-state index contributed by atoms with van der Waals surface area (Å²) < 4.78 is 28.1. The zero-order valence-corrected chi connectivity index (χ0v) is 15.9. The van der Waals surface area contributed by atoms with E-state index in [-0.39, 0.29) is 24.9 Å². The van der Waals surface area contributed by atoms with Crippen LogP contribution in [0.2, 0.25) is 5.02 Å². The molecule has 25 heavy (non-hydrogen) atoms. The van der Waals surface area contributed by atoms with Gasteiger partial charge in [-0.15, -0.1) is 0 Å². The molecule has 1 aliphatic carbocycles. The number of amides is 1. The largest absolute Gasteiger partial charge is 0.341 e. The van der Waals surface area contributed by atoms with Gasteiger partial charge in [-0.2, -0.15) is 0 Å². The Morgan fingerprint density at radius 1 is 1.12 bits per heavy atom. The fraction of sp³-hybridized carbons (Fsp3) is 0.611. The number of carbonyl (C=O) groups is 1. The lowest BCUT2D eigenvalue weighted by atomic mass is 10.1. The van der Waals surface area contributed by atoms with Crippen LogP contribution in [0.1, 0.15) is 44.1 Å². The number of carbonyl (C=O) groups excluding carboxylic acids is 1. The molecule has 1 aliphatic heterocycles. The van der Waals surface area contributed by atoms with Crippen LogP contribution in [0.3, 0.4) is 0 Å². The summed E-state index contributed by atoms with van der Waals surface area (Å²) in [4.78, 5) is 14.2. The van der Waals surface area contributed by atoms with Crippen molar-refractivity contribution in [1.82, 2.24) is 9.62 Å². The molecule has 2 aliphatic rings. The lowest BCUT2D eigenvalue weighted by Crippen LogP contribution is -2.50. The molecule has 1 aromatic rings. The minimum Gasteiger partial charge on any atom is -0.341 e. The van der Waals surface area contributed by atoms with E-state index in [0.717, 1.165) is 37.7 Å². The first-order valence-corrected chi connectivity index (χ1v) is 10.9. The van der Waals surface area contributed by atoms with Crippen molar-refractivity contribution in [2.75, 3.05) is 13.1 Å². The van der Waals surface area contributed by atoms with E-state index in [1.807, 2.05) is 12.1 Å². The predicted octanol–water partition coefficient (Wildman–Crippen LogP) is 2.74. The van der Waals surface area contributed by atoms with Gasteiger partial charge in [0.05, 0.1) is 11.7 Å². The maximum Gasteiger partial charge on any atom is 0.227 e. The number of halogens is 1.